The molecule has 0 atom stereocenters. The lowest BCUT2D eigenvalue weighted by atomic mass is 10.1. The number of carbonyl (C=O) groups excluding carboxylic acids is 1. The van der Waals surface area contributed by atoms with E-state index in [2.05, 4.69) is 23.0 Å². The van der Waals surface area contributed by atoms with Gasteiger partial charge < -0.3 is 10.1 Å². The number of esters is 1. The van der Waals surface area contributed by atoms with Gasteiger partial charge in [0, 0.05) is 6.54 Å². The highest BCUT2D eigenvalue weighted by molar-refractivity contribution is 5.85. The van der Waals surface area contributed by atoms with Crippen LogP contribution in [0.3, 0.4) is 0 Å². The molecule has 0 unspecified atom stereocenters. The first-order chi connectivity index (χ1) is 6.74. The van der Waals surface area contributed by atoms with Crippen LogP contribution in [0, 0.1) is 6.92 Å². The smallest absolute Gasteiger partial charge is 0.319 e. The second-order valence-corrected chi connectivity index (χ2v) is 3.11. The van der Waals surface area contributed by atoms with Crippen LogP contribution in [0.2, 0.25) is 0 Å². The number of hydrogen-bond acceptors (Lipinski definition) is 3. The third-order valence-corrected chi connectivity index (χ3v) is 2.07. The monoisotopic (exact) mass is 229 g/mol. The summed E-state index contributed by atoms with van der Waals surface area (Å²) in [7, 11) is 1.39. The highest BCUT2D eigenvalue weighted by atomic mass is 35.5. The van der Waals surface area contributed by atoms with Gasteiger partial charge in [-0.15, -0.1) is 12.4 Å². The lowest BCUT2D eigenvalue weighted by Gasteiger charge is -2.06. The first-order valence-corrected chi connectivity index (χ1v) is 4.56. The normalized spacial score (nSPS) is 9.20. The Balaban J connectivity index is 0.00000196. The second kappa shape index (κ2) is 7.26. The first-order valence-electron chi connectivity index (χ1n) is 4.56. The number of methoxy groups -OCH3 is 1. The van der Waals surface area contributed by atoms with E-state index in [4.69, 9.17) is 0 Å². The average molecular weight is 230 g/mol. The predicted molar refractivity (Wildman–Crippen MR) is 62.1 cm³/mol. The molecule has 0 aliphatic rings. The molecule has 0 aromatic heterocycles. The molecule has 0 aliphatic carbocycles. The minimum atomic E-state index is -0.237. The van der Waals surface area contributed by atoms with E-state index in [-0.39, 0.29) is 24.9 Å². The molecular formula is C11H16ClNO2. The van der Waals surface area contributed by atoms with Crippen molar-refractivity contribution in [2.24, 2.45) is 0 Å². The number of ether oxygens (including phenoxy) is 1. The average Bonchev–Trinajstić information content (AvgIpc) is 2.20. The van der Waals surface area contributed by atoms with E-state index in [0.717, 1.165) is 0 Å². The minimum Gasteiger partial charge on any atom is -0.468 e. The van der Waals surface area contributed by atoms with Crippen molar-refractivity contribution in [1.82, 2.24) is 5.32 Å². The number of aryl methyl sites for hydroxylation is 1. The van der Waals surface area contributed by atoms with Gasteiger partial charge in [-0.05, 0) is 18.1 Å². The molecule has 0 amide bonds. The van der Waals surface area contributed by atoms with Crippen LogP contribution in [-0.2, 0) is 16.1 Å². The molecule has 0 aliphatic heterocycles. The van der Waals surface area contributed by atoms with Crippen LogP contribution in [0.5, 0.6) is 0 Å². The molecule has 1 N–H and O–H groups in total. The quantitative estimate of drug-likeness (QED) is 0.799. The van der Waals surface area contributed by atoms with Crippen molar-refractivity contribution in [2.75, 3.05) is 13.7 Å². The Morgan fingerprint density at radius 1 is 1.40 bits per heavy atom. The van der Waals surface area contributed by atoms with E-state index < -0.39 is 0 Å². The number of carbonyl (C=O) groups is 1. The van der Waals surface area contributed by atoms with Crippen LogP contribution in [0.25, 0.3) is 0 Å². The summed E-state index contributed by atoms with van der Waals surface area (Å²) in [4.78, 5) is 10.8. The molecule has 1 aromatic rings. The highest BCUT2D eigenvalue weighted by Gasteiger charge is 2.00. The van der Waals surface area contributed by atoms with E-state index >= 15 is 0 Å². The molecule has 0 heterocycles. The maximum atomic E-state index is 10.8. The molecule has 0 fully saturated rings. The second-order valence-electron chi connectivity index (χ2n) is 3.11. The van der Waals surface area contributed by atoms with Gasteiger partial charge in [-0.2, -0.15) is 0 Å². The van der Waals surface area contributed by atoms with Gasteiger partial charge in [0.05, 0.1) is 13.7 Å². The number of halogens is 1. The zero-order valence-electron chi connectivity index (χ0n) is 8.95. The molecule has 15 heavy (non-hydrogen) atoms. The molecule has 1 aromatic carbocycles. The van der Waals surface area contributed by atoms with Gasteiger partial charge in [0.2, 0.25) is 0 Å². The predicted octanol–water partition coefficient (Wildman–Crippen LogP) is 1.68. The van der Waals surface area contributed by atoms with Crippen LogP contribution in [0.15, 0.2) is 24.3 Å². The van der Waals surface area contributed by atoms with Gasteiger partial charge in [-0.25, -0.2) is 0 Å². The molecule has 0 saturated heterocycles. The fourth-order valence-corrected chi connectivity index (χ4v) is 1.18. The van der Waals surface area contributed by atoms with Crippen LogP contribution in [0.4, 0.5) is 0 Å². The summed E-state index contributed by atoms with van der Waals surface area (Å²) in [5.41, 5.74) is 2.43. The Kier molecular flexibility index (Phi) is 6.75. The molecule has 4 heteroatoms. The Labute approximate surface area is 96.2 Å². The van der Waals surface area contributed by atoms with Crippen LogP contribution >= 0.6 is 12.4 Å². The first kappa shape index (κ1) is 13.9. The topological polar surface area (TPSA) is 38.3 Å². The van der Waals surface area contributed by atoms with Crippen LogP contribution in [0.1, 0.15) is 11.1 Å². The van der Waals surface area contributed by atoms with Crippen LogP contribution in [-0.4, -0.2) is 19.6 Å². The Morgan fingerprint density at radius 3 is 2.67 bits per heavy atom. The van der Waals surface area contributed by atoms with Crippen molar-refractivity contribution in [3.8, 4) is 0 Å². The fraction of sp³-hybridized carbons (Fsp3) is 0.364. The van der Waals surface area contributed by atoms with Crippen molar-refractivity contribution in [3.63, 3.8) is 0 Å². The van der Waals surface area contributed by atoms with E-state index in [0.29, 0.717) is 6.54 Å². The van der Waals surface area contributed by atoms with Gasteiger partial charge in [0.1, 0.15) is 0 Å². The lowest BCUT2D eigenvalue weighted by Crippen LogP contribution is -2.23. The molecule has 0 bridgehead atoms. The maximum Gasteiger partial charge on any atom is 0.319 e. The summed E-state index contributed by atoms with van der Waals surface area (Å²) < 4.78 is 4.52. The van der Waals surface area contributed by atoms with E-state index in [1.807, 2.05) is 18.2 Å². The summed E-state index contributed by atoms with van der Waals surface area (Å²) in [6.45, 7) is 3.00. The number of hydrogen-bond donors (Lipinski definition) is 1. The third kappa shape index (κ3) is 4.81. The van der Waals surface area contributed by atoms with E-state index in [1.54, 1.807) is 0 Å². The van der Waals surface area contributed by atoms with Crippen molar-refractivity contribution in [1.29, 1.82) is 0 Å². The van der Waals surface area contributed by atoms with Gasteiger partial charge >= 0.3 is 5.97 Å². The SMILES string of the molecule is COC(=O)CNCc1ccccc1C.Cl. The summed E-state index contributed by atoms with van der Waals surface area (Å²) >= 11 is 0. The van der Waals surface area contributed by atoms with Crippen molar-refractivity contribution in [2.45, 2.75) is 13.5 Å². The van der Waals surface area contributed by atoms with Crippen molar-refractivity contribution < 1.29 is 9.53 Å². The molecule has 0 spiro atoms. The lowest BCUT2D eigenvalue weighted by molar-refractivity contribution is -0.139. The number of rotatable bonds is 4. The number of nitrogens with one attached hydrogen (secondary N) is 1. The fourth-order valence-electron chi connectivity index (χ4n) is 1.18. The summed E-state index contributed by atoms with van der Waals surface area (Å²) in [5.74, 6) is -0.237. The van der Waals surface area contributed by atoms with Gasteiger partial charge in [0.15, 0.2) is 0 Å². The largest absolute Gasteiger partial charge is 0.468 e. The summed E-state index contributed by atoms with van der Waals surface area (Å²) in [6, 6.07) is 8.08. The molecule has 0 saturated carbocycles. The summed E-state index contributed by atoms with van der Waals surface area (Å²) in [5, 5.41) is 3.02. The van der Waals surface area contributed by atoms with Gasteiger partial charge in [-0.3, -0.25) is 4.79 Å². The Morgan fingerprint density at radius 2 is 2.07 bits per heavy atom. The molecular weight excluding hydrogens is 214 g/mol. The molecule has 0 radical (unpaired) electrons. The van der Waals surface area contributed by atoms with Gasteiger partial charge in [0.25, 0.3) is 0 Å². The van der Waals surface area contributed by atoms with Crippen molar-refractivity contribution in [3.05, 3.63) is 35.4 Å². The highest BCUT2D eigenvalue weighted by Crippen LogP contribution is 2.05. The van der Waals surface area contributed by atoms with Crippen molar-refractivity contribution >= 4 is 18.4 Å². The Bertz CT molecular complexity index is 315. The zero-order valence-corrected chi connectivity index (χ0v) is 9.76. The Hall–Kier alpha value is -1.06. The van der Waals surface area contributed by atoms with Gasteiger partial charge in [-0.1, -0.05) is 24.3 Å². The molecule has 84 valence electrons. The number of benzene rings is 1. The standard InChI is InChI=1S/C11H15NO2.ClH/c1-9-5-3-4-6-10(9)7-12-8-11(13)14-2;/h3-6,12H,7-8H2,1-2H3;1H. The van der Waals surface area contributed by atoms with Crippen LogP contribution < -0.4 is 5.32 Å². The summed E-state index contributed by atoms with van der Waals surface area (Å²) in [6.07, 6.45) is 0. The van der Waals surface area contributed by atoms with E-state index in [9.17, 15) is 4.79 Å². The minimum absolute atomic E-state index is 0. The zero-order chi connectivity index (χ0) is 10.4. The van der Waals surface area contributed by atoms with E-state index in [1.165, 1.54) is 18.2 Å². The third-order valence-electron chi connectivity index (χ3n) is 2.07. The molecule has 3 nitrogen and oxygen atoms in total. The molecule has 1 rings (SSSR count). The maximum absolute atomic E-state index is 10.8.